The molecule has 2 aliphatic heterocycles. The van der Waals surface area contributed by atoms with E-state index in [4.69, 9.17) is 18.5 Å². The number of fused-ring (bicyclic) bond motifs is 1. The Labute approximate surface area is 194 Å². The van der Waals surface area contributed by atoms with E-state index in [1.807, 2.05) is 0 Å². The number of halogens is 3. The van der Waals surface area contributed by atoms with Crippen LogP contribution in [0, 0.1) is 0 Å². The summed E-state index contributed by atoms with van der Waals surface area (Å²) in [6, 6.07) is 5.62. The van der Waals surface area contributed by atoms with Crippen molar-refractivity contribution in [3.05, 3.63) is 69.7 Å². The maximum absolute atomic E-state index is 14.6. The van der Waals surface area contributed by atoms with E-state index in [9.17, 15) is 28.0 Å². The number of hydrogen-bond acceptors (Lipinski definition) is 4. The molecule has 2 heterocycles. The molecule has 1 fully saturated rings. The lowest BCUT2D eigenvalue weighted by atomic mass is 9.97. The molecular formula is C23H19ClF2N2O4. The second kappa shape index (κ2) is 8.43. The van der Waals surface area contributed by atoms with E-state index >= 15 is 0 Å². The van der Waals surface area contributed by atoms with Crippen molar-refractivity contribution in [3.8, 4) is 0 Å². The first-order valence-corrected chi connectivity index (χ1v) is 9.89. The number of aryl methyl sites for hydroxylation is 1. The summed E-state index contributed by atoms with van der Waals surface area (Å²) in [6.07, 6.45) is -7.35. The molecule has 0 aromatic heterocycles. The van der Waals surface area contributed by atoms with Crippen LogP contribution in [0.15, 0.2) is 42.5 Å². The molecule has 9 heteroatoms. The molecule has 32 heavy (non-hydrogen) atoms. The summed E-state index contributed by atoms with van der Waals surface area (Å²) < 4.78 is 69.5. The zero-order valence-electron chi connectivity index (χ0n) is 21.4. The minimum Gasteiger partial charge on any atom is -0.322 e. The first-order valence-electron chi connectivity index (χ1n) is 12.0. The standard InChI is InChI=1S/C23H19ClF2N2O4/c24-16-5-3-15(4-6-16)23(25,26)19(29)9-2-13-1-7-17-14(11-13)12-28(22(17)32)18-8-10-20(30)27-21(18)31/h1,3-7,11,18H,2,8-10,12H2,(H,27,30,31)/t18-/m1/s1/i8D2,10D2,18D. The molecule has 2 aromatic carbocycles. The second-order valence-corrected chi connectivity index (χ2v) is 7.71. The van der Waals surface area contributed by atoms with Crippen molar-refractivity contribution in [2.45, 2.75) is 44.1 Å². The van der Waals surface area contributed by atoms with Gasteiger partial charge in [0.25, 0.3) is 5.91 Å². The highest BCUT2D eigenvalue weighted by molar-refractivity contribution is 6.30. The van der Waals surface area contributed by atoms with Crippen LogP contribution in [0.5, 0.6) is 0 Å². The maximum atomic E-state index is 14.6. The minimum atomic E-state index is -3.75. The third-order valence-corrected chi connectivity index (χ3v) is 5.43. The smallest absolute Gasteiger partial charge is 0.322 e. The Morgan fingerprint density at radius 3 is 2.66 bits per heavy atom. The van der Waals surface area contributed by atoms with Crippen LogP contribution in [0.3, 0.4) is 0 Å². The topological polar surface area (TPSA) is 83.6 Å². The molecule has 6 nitrogen and oxygen atoms in total. The first-order chi connectivity index (χ1) is 17.0. The zero-order chi connectivity index (χ0) is 27.6. The molecule has 0 spiro atoms. The number of carbonyl (C=O) groups is 4. The average molecular weight is 466 g/mol. The van der Waals surface area contributed by atoms with Gasteiger partial charge < -0.3 is 4.90 Å². The second-order valence-electron chi connectivity index (χ2n) is 7.27. The van der Waals surface area contributed by atoms with Crippen molar-refractivity contribution >= 4 is 35.1 Å². The SMILES string of the molecule is [2H]C1([2H])C(=O)NC(=O)[C@]([2H])(N2Cc3cc(CCC(=O)C(F)(F)c4ccc(Cl)cc4)ccc3C2=O)C1([2H])[2H]. The van der Waals surface area contributed by atoms with Gasteiger partial charge in [-0.2, -0.15) is 8.78 Å². The van der Waals surface area contributed by atoms with Crippen LogP contribution in [0.2, 0.25) is 5.02 Å². The van der Waals surface area contributed by atoms with Crippen molar-refractivity contribution < 1.29 is 34.8 Å². The molecule has 166 valence electrons. The van der Waals surface area contributed by atoms with Gasteiger partial charge in [0, 0.05) is 41.0 Å². The fraction of sp³-hybridized carbons (Fsp3) is 0.304. The number of alkyl halides is 2. The van der Waals surface area contributed by atoms with Crippen molar-refractivity contribution in [2.75, 3.05) is 0 Å². The summed E-state index contributed by atoms with van der Waals surface area (Å²) in [5, 5.41) is 1.87. The highest BCUT2D eigenvalue weighted by Crippen LogP contribution is 2.32. The van der Waals surface area contributed by atoms with Gasteiger partial charge in [0.15, 0.2) is 0 Å². The van der Waals surface area contributed by atoms with Gasteiger partial charge in [-0.05, 0) is 42.1 Å². The van der Waals surface area contributed by atoms with Crippen molar-refractivity contribution in [1.82, 2.24) is 10.2 Å². The minimum absolute atomic E-state index is 0.00532. The van der Waals surface area contributed by atoms with Gasteiger partial charge in [-0.1, -0.05) is 35.9 Å². The Hall–Kier alpha value is -3.13. The predicted molar refractivity (Wildman–Crippen MR) is 111 cm³/mol. The van der Waals surface area contributed by atoms with Gasteiger partial charge in [0.05, 0.1) is 1.37 Å². The average Bonchev–Trinajstić information content (AvgIpc) is 3.17. The van der Waals surface area contributed by atoms with E-state index in [1.165, 1.54) is 30.3 Å². The lowest BCUT2D eigenvalue weighted by molar-refractivity contribution is -0.144. The van der Waals surface area contributed by atoms with Crippen molar-refractivity contribution in [2.24, 2.45) is 0 Å². The molecule has 2 aliphatic rings. The molecule has 0 saturated carbocycles. The van der Waals surface area contributed by atoms with E-state index < -0.39 is 66.7 Å². The largest absolute Gasteiger partial charge is 0.330 e. The number of imide groups is 1. The zero-order valence-corrected chi connectivity index (χ0v) is 17.1. The van der Waals surface area contributed by atoms with E-state index in [0.29, 0.717) is 10.5 Å². The summed E-state index contributed by atoms with van der Waals surface area (Å²) in [6.45, 7) is -0.475. The highest BCUT2D eigenvalue weighted by Gasteiger charge is 2.41. The molecule has 0 aliphatic carbocycles. The Morgan fingerprint density at radius 2 is 1.94 bits per heavy atom. The quantitative estimate of drug-likeness (QED) is 0.663. The molecule has 4 rings (SSSR count). The number of benzene rings is 2. The van der Waals surface area contributed by atoms with Crippen LogP contribution in [-0.4, -0.2) is 34.4 Å². The molecule has 1 atom stereocenters. The third-order valence-electron chi connectivity index (χ3n) is 5.18. The Kier molecular flexibility index (Phi) is 4.34. The molecule has 2 aromatic rings. The van der Waals surface area contributed by atoms with Gasteiger partial charge in [-0.15, -0.1) is 0 Å². The fourth-order valence-electron chi connectivity index (χ4n) is 3.50. The number of piperidine rings is 1. The Balaban J connectivity index is 1.54. The van der Waals surface area contributed by atoms with Crippen LogP contribution >= 0.6 is 11.6 Å². The fourth-order valence-corrected chi connectivity index (χ4v) is 3.63. The van der Waals surface area contributed by atoms with Gasteiger partial charge in [-0.25, -0.2) is 0 Å². The monoisotopic (exact) mass is 465 g/mol. The summed E-state index contributed by atoms with van der Waals surface area (Å²) in [4.78, 5) is 50.2. The van der Waals surface area contributed by atoms with Crippen LogP contribution in [-0.2, 0) is 33.3 Å². The number of carbonyl (C=O) groups excluding carboxylic acids is 4. The van der Waals surface area contributed by atoms with Gasteiger partial charge in [0.1, 0.15) is 6.02 Å². The number of hydrogen-bond donors (Lipinski definition) is 1. The van der Waals surface area contributed by atoms with Gasteiger partial charge in [0.2, 0.25) is 17.6 Å². The molecule has 0 radical (unpaired) electrons. The number of amides is 3. The molecule has 1 N–H and O–H groups in total. The van der Waals surface area contributed by atoms with Gasteiger partial charge >= 0.3 is 5.92 Å². The van der Waals surface area contributed by atoms with E-state index in [0.717, 1.165) is 12.1 Å². The van der Waals surface area contributed by atoms with Crippen molar-refractivity contribution in [3.63, 3.8) is 0 Å². The van der Waals surface area contributed by atoms with Crippen LogP contribution < -0.4 is 5.32 Å². The normalized spacial score (nSPS) is 26.3. The van der Waals surface area contributed by atoms with Gasteiger partial charge in [-0.3, -0.25) is 24.5 Å². The summed E-state index contributed by atoms with van der Waals surface area (Å²) >= 11 is 5.71. The van der Waals surface area contributed by atoms with Crippen LogP contribution in [0.4, 0.5) is 8.78 Å². The maximum Gasteiger partial charge on any atom is 0.330 e. The number of nitrogens with one attached hydrogen (secondary N) is 1. The first kappa shape index (κ1) is 16.5. The summed E-state index contributed by atoms with van der Waals surface area (Å²) in [7, 11) is 0. The number of Topliss-reactive ketones (excluding diaryl/α,β-unsaturated/α-hetero) is 1. The lowest BCUT2D eigenvalue weighted by Gasteiger charge is -2.29. The van der Waals surface area contributed by atoms with E-state index in [-0.39, 0.29) is 22.6 Å². The van der Waals surface area contributed by atoms with E-state index in [2.05, 4.69) is 0 Å². The molecular weight excluding hydrogens is 442 g/mol. The molecule has 1 saturated heterocycles. The van der Waals surface area contributed by atoms with E-state index in [1.54, 1.807) is 5.32 Å². The highest BCUT2D eigenvalue weighted by atomic mass is 35.5. The predicted octanol–water partition coefficient (Wildman–Crippen LogP) is 3.39. The number of rotatable bonds is 6. The third kappa shape index (κ3) is 4.14. The molecule has 0 bridgehead atoms. The lowest BCUT2D eigenvalue weighted by Crippen LogP contribution is -2.52. The summed E-state index contributed by atoms with van der Waals surface area (Å²) in [5.74, 6) is -9.07. The Morgan fingerprint density at radius 1 is 1.22 bits per heavy atom. The molecule has 3 amide bonds. The van der Waals surface area contributed by atoms with Crippen molar-refractivity contribution in [1.29, 1.82) is 0 Å². The van der Waals surface area contributed by atoms with Crippen LogP contribution in [0.1, 0.15) is 53.1 Å². The van der Waals surface area contributed by atoms with Crippen LogP contribution in [0.25, 0.3) is 0 Å². The number of ketones is 1. The Bertz CT molecular complexity index is 1340. The number of nitrogens with zero attached hydrogens (tertiary/aromatic N) is 1. The summed E-state index contributed by atoms with van der Waals surface area (Å²) in [5.41, 5.74) is 0.117. The molecule has 0 unspecified atom stereocenters.